The minimum atomic E-state index is -4.40. The number of hydrogen-bond acceptors (Lipinski definition) is 6. The minimum absolute atomic E-state index is 0.326. The average Bonchev–Trinajstić information content (AvgIpc) is 3.11. The van der Waals surface area contributed by atoms with Gasteiger partial charge in [0.1, 0.15) is 17.5 Å². The van der Waals surface area contributed by atoms with E-state index >= 15 is 0 Å². The van der Waals surface area contributed by atoms with Crippen molar-refractivity contribution in [1.29, 1.82) is 0 Å². The summed E-state index contributed by atoms with van der Waals surface area (Å²) < 4.78 is 37.9. The van der Waals surface area contributed by atoms with Crippen LogP contribution in [0.1, 0.15) is 17.7 Å². The van der Waals surface area contributed by atoms with Crippen molar-refractivity contribution in [3.8, 4) is 0 Å². The number of H-pyrrole nitrogens is 1. The van der Waals surface area contributed by atoms with Gasteiger partial charge in [0.15, 0.2) is 11.5 Å². The zero-order valence-corrected chi connectivity index (χ0v) is 14.2. The number of alkyl halides is 3. The highest BCUT2D eigenvalue weighted by atomic mass is 19.4. The number of aromatic amines is 1. The van der Waals surface area contributed by atoms with Crippen molar-refractivity contribution in [3.05, 3.63) is 42.2 Å². The topological polar surface area (TPSA) is 73.8 Å². The molecule has 0 saturated carbocycles. The number of fused-ring (bicyclic) bond motifs is 3. The van der Waals surface area contributed by atoms with Gasteiger partial charge in [0, 0.05) is 37.9 Å². The molecule has 0 spiro atoms. The molecule has 3 aromatic heterocycles. The minimum Gasteiger partial charge on any atom is -0.346 e. The van der Waals surface area contributed by atoms with Gasteiger partial charge in [-0.15, -0.1) is 0 Å². The Morgan fingerprint density at radius 3 is 2.59 bits per heavy atom. The fourth-order valence-electron chi connectivity index (χ4n) is 4.06. The Morgan fingerprint density at radius 2 is 1.89 bits per heavy atom. The van der Waals surface area contributed by atoms with E-state index in [0.29, 0.717) is 24.3 Å². The lowest BCUT2D eigenvalue weighted by Gasteiger charge is -2.57. The normalized spacial score (nSPS) is 22.9. The van der Waals surface area contributed by atoms with Crippen LogP contribution in [0.5, 0.6) is 0 Å². The highest BCUT2D eigenvalue weighted by molar-refractivity contribution is 5.83. The maximum Gasteiger partial charge on any atom is 0.433 e. The van der Waals surface area contributed by atoms with Gasteiger partial charge in [0.2, 0.25) is 0 Å². The van der Waals surface area contributed by atoms with Crippen LogP contribution in [0.25, 0.3) is 11.2 Å². The molecule has 27 heavy (non-hydrogen) atoms. The van der Waals surface area contributed by atoms with Gasteiger partial charge in [0.05, 0.1) is 6.33 Å². The molecule has 1 N–H and O–H groups in total. The molecule has 6 rings (SSSR count). The number of piperazine rings is 1. The van der Waals surface area contributed by atoms with Crippen LogP contribution >= 0.6 is 0 Å². The SMILES string of the molecule is FC(F)(F)c1ccc(CN2CC3CC(C2)N3c2ncnc3nc[nH]c23)cn1. The molecule has 7 nitrogen and oxygen atoms in total. The Morgan fingerprint density at radius 1 is 1.07 bits per heavy atom. The number of piperidine rings is 1. The summed E-state index contributed by atoms with van der Waals surface area (Å²) in [5.41, 5.74) is 1.42. The summed E-state index contributed by atoms with van der Waals surface area (Å²) in [4.78, 5) is 24.0. The number of nitrogens with zero attached hydrogens (tertiary/aromatic N) is 6. The van der Waals surface area contributed by atoms with Gasteiger partial charge in [0.25, 0.3) is 0 Å². The third-order valence-corrected chi connectivity index (χ3v) is 5.24. The van der Waals surface area contributed by atoms with Crippen LogP contribution in [0.2, 0.25) is 0 Å². The van der Waals surface area contributed by atoms with Crippen LogP contribution in [-0.4, -0.2) is 55.0 Å². The molecule has 2 atom stereocenters. The second-order valence-corrected chi connectivity index (χ2v) is 6.99. The molecule has 0 amide bonds. The standard InChI is InChI=1S/C17H16F3N7/c18-17(19,20)13-2-1-10(4-21-13)5-26-6-11-3-12(7-26)27(11)16-14-15(23-8-22-14)24-9-25-16/h1-2,4,8-9,11-12H,3,5-7H2,(H,22,23,24,25). The maximum atomic E-state index is 12.6. The highest BCUT2D eigenvalue weighted by Gasteiger charge is 2.46. The van der Waals surface area contributed by atoms with Crippen molar-refractivity contribution >= 4 is 17.0 Å². The molecule has 3 fully saturated rings. The van der Waals surface area contributed by atoms with E-state index < -0.39 is 11.9 Å². The van der Waals surface area contributed by atoms with Crippen molar-refractivity contribution in [2.45, 2.75) is 31.2 Å². The fraction of sp³-hybridized carbons (Fsp3) is 0.412. The number of rotatable bonds is 3. The molecular weight excluding hydrogens is 359 g/mol. The summed E-state index contributed by atoms with van der Waals surface area (Å²) in [5, 5.41) is 0. The first-order valence-corrected chi connectivity index (χ1v) is 8.66. The predicted molar refractivity (Wildman–Crippen MR) is 90.9 cm³/mol. The average molecular weight is 375 g/mol. The van der Waals surface area contributed by atoms with Crippen LogP contribution in [0.4, 0.5) is 19.0 Å². The smallest absolute Gasteiger partial charge is 0.346 e. The van der Waals surface area contributed by atoms with E-state index in [2.05, 4.69) is 34.7 Å². The van der Waals surface area contributed by atoms with E-state index in [1.807, 2.05) is 0 Å². The fourth-order valence-corrected chi connectivity index (χ4v) is 4.06. The molecule has 3 aliphatic rings. The van der Waals surface area contributed by atoms with E-state index in [1.165, 1.54) is 18.6 Å². The molecule has 3 saturated heterocycles. The lowest BCUT2D eigenvalue weighted by Crippen LogP contribution is -2.69. The highest BCUT2D eigenvalue weighted by Crippen LogP contribution is 2.38. The zero-order chi connectivity index (χ0) is 18.6. The van der Waals surface area contributed by atoms with Gasteiger partial charge in [-0.05, 0) is 18.1 Å². The Kier molecular flexibility index (Phi) is 3.58. The quantitative estimate of drug-likeness (QED) is 0.757. The number of nitrogens with one attached hydrogen (secondary N) is 1. The summed E-state index contributed by atoms with van der Waals surface area (Å²) >= 11 is 0. The van der Waals surface area contributed by atoms with Crippen LogP contribution in [0, 0.1) is 0 Å². The number of imidazole rings is 1. The van der Waals surface area contributed by atoms with Gasteiger partial charge in [-0.2, -0.15) is 13.2 Å². The molecule has 10 heteroatoms. The zero-order valence-electron chi connectivity index (χ0n) is 14.2. The van der Waals surface area contributed by atoms with Gasteiger partial charge in [-0.25, -0.2) is 15.0 Å². The number of pyridine rings is 1. The predicted octanol–water partition coefficient (Wildman–Crippen LogP) is 2.23. The number of anilines is 1. The van der Waals surface area contributed by atoms with Crippen molar-refractivity contribution in [2.24, 2.45) is 0 Å². The van der Waals surface area contributed by atoms with Crippen LogP contribution in [0.3, 0.4) is 0 Å². The molecule has 0 radical (unpaired) electrons. The van der Waals surface area contributed by atoms with Gasteiger partial charge >= 0.3 is 6.18 Å². The monoisotopic (exact) mass is 375 g/mol. The van der Waals surface area contributed by atoms with Crippen LogP contribution < -0.4 is 4.90 Å². The molecule has 0 aromatic carbocycles. The van der Waals surface area contributed by atoms with Gasteiger partial charge < -0.3 is 9.88 Å². The summed E-state index contributed by atoms with van der Waals surface area (Å²) in [6, 6.07) is 3.20. The second-order valence-electron chi connectivity index (χ2n) is 6.99. The molecule has 0 aliphatic carbocycles. The summed E-state index contributed by atoms with van der Waals surface area (Å²) in [6.07, 6.45) is 1.14. The van der Waals surface area contributed by atoms with E-state index in [0.717, 1.165) is 42.5 Å². The molecule has 6 heterocycles. The van der Waals surface area contributed by atoms with Crippen molar-refractivity contribution in [2.75, 3.05) is 18.0 Å². The largest absolute Gasteiger partial charge is 0.433 e. The van der Waals surface area contributed by atoms with E-state index in [9.17, 15) is 13.2 Å². The van der Waals surface area contributed by atoms with Crippen molar-refractivity contribution in [1.82, 2.24) is 29.8 Å². The van der Waals surface area contributed by atoms with Gasteiger partial charge in [-0.3, -0.25) is 9.88 Å². The number of hydrogen-bond donors (Lipinski definition) is 1. The molecule has 3 aliphatic heterocycles. The number of aromatic nitrogens is 5. The molecular formula is C17H16F3N7. The first kappa shape index (κ1) is 16.4. The summed E-state index contributed by atoms with van der Waals surface area (Å²) in [6.45, 7) is 2.25. The molecule has 140 valence electrons. The molecule has 2 bridgehead atoms. The Bertz CT molecular complexity index is 957. The lowest BCUT2D eigenvalue weighted by atomic mass is 9.87. The van der Waals surface area contributed by atoms with Crippen molar-refractivity contribution in [3.63, 3.8) is 0 Å². The third-order valence-electron chi connectivity index (χ3n) is 5.24. The van der Waals surface area contributed by atoms with E-state index in [1.54, 1.807) is 6.33 Å². The number of halogens is 3. The molecule has 2 unspecified atom stereocenters. The third kappa shape index (κ3) is 2.80. The lowest BCUT2D eigenvalue weighted by molar-refractivity contribution is -0.141. The maximum absolute atomic E-state index is 12.6. The first-order valence-electron chi connectivity index (χ1n) is 8.66. The van der Waals surface area contributed by atoms with Crippen LogP contribution in [0.15, 0.2) is 31.0 Å². The molecule has 3 aromatic rings. The summed E-state index contributed by atoms with van der Waals surface area (Å²) in [7, 11) is 0. The second kappa shape index (κ2) is 5.88. The first-order chi connectivity index (χ1) is 13.0. The summed E-state index contributed by atoms with van der Waals surface area (Å²) in [5.74, 6) is 0.870. The Balaban J connectivity index is 1.29. The van der Waals surface area contributed by atoms with E-state index in [-0.39, 0.29) is 0 Å². The van der Waals surface area contributed by atoms with E-state index in [4.69, 9.17) is 0 Å². The Hall–Kier alpha value is -2.75. The van der Waals surface area contributed by atoms with Crippen LogP contribution in [-0.2, 0) is 12.7 Å². The van der Waals surface area contributed by atoms with Crippen molar-refractivity contribution < 1.29 is 13.2 Å². The Labute approximate surface area is 152 Å². The van der Waals surface area contributed by atoms with Gasteiger partial charge in [-0.1, -0.05) is 6.07 Å².